The number of alkyl halides is 1. The Morgan fingerprint density at radius 3 is 2.92 bits per heavy atom. The van der Waals surface area contributed by atoms with Gasteiger partial charge in [-0.05, 0) is 49.0 Å². The Hall–Kier alpha value is -0.850. The van der Waals surface area contributed by atoms with Crippen LogP contribution in [0.4, 0.5) is 0 Å². The molecule has 1 fully saturated rings. The molecular weight excluding hydrogens is 431 g/mol. The van der Waals surface area contributed by atoms with E-state index in [0.717, 1.165) is 12.8 Å². The van der Waals surface area contributed by atoms with Gasteiger partial charge in [-0.25, -0.2) is 0 Å². The van der Waals surface area contributed by atoms with Gasteiger partial charge in [-0.1, -0.05) is 47.7 Å². The average Bonchev–Trinajstić information content (AvgIpc) is 2.53. The van der Waals surface area contributed by atoms with Gasteiger partial charge in [0, 0.05) is 17.3 Å². The summed E-state index contributed by atoms with van der Waals surface area (Å²) in [6.45, 7) is 3.69. The topological polar surface area (TPSA) is 52.6 Å². The fraction of sp³-hybridized carbons (Fsp3) is 0.700. The number of allylic oxidation sites excluding steroid dienone is 4. The largest absolute Gasteiger partial charge is 0.462 e. The molecule has 138 valence electrons. The highest BCUT2D eigenvalue weighted by Crippen LogP contribution is 2.43. The van der Waals surface area contributed by atoms with Crippen LogP contribution in [0.15, 0.2) is 23.8 Å². The van der Waals surface area contributed by atoms with Gasteiger partial charge in [-0.3, -0.25) is 9.59 Å². The lowest BCUT2D eigenvalue weighted by atomic mass is 9.68. The summed E-state index contributed by atoms with van der Waals surface area (Å²) in [7, 11) is 0. The maximum atomic E-state index is 11.8. The zero-order valence-electron chi connectivity index (χ0n) is 14.9. The first-order valence-electron chi connectivity index (χ1n) is 9.33. The number of carbonyl (C=O) groups is 2. The average molecular weight is 458 g/mol. The van der Waals surface area contributed by atoms with E-state index in [-0.39, 0.29) is 30.6 Å². The van der Waals surface area contributed by atoms with Crippen LogP contribution in [0.1, 0.15) is 52.4 Å². The van der Waals surface area contributed by atoms with Crippen molar-refractivity contribution < 1.29 is 19.1 Å². The van der Waals surface area contributed by atoms with Crippen LogP contribution in [0, 0.1) is 17.8 Å². The van der Waals surface area contributed by atoms with Crippen LogP contribution in [0.2, 0.25) is 0 Å². The van der Waals surface area contributed by atoms with Gasteiger partial charge in [-0.15, -0.1) is 0 Å². The van der Waals surface area contributed by atoms with E-state index in [0.29, 0.717) is 28.1 Å². The van der Waals surface area contributed by atoms with Crippen LogP contribution in [-0.4, -0.2) is 28.1 Å². The first-order chi connectivity index (χ1) is 11.9. The lowest BCUT2D eigenvalue weighted by Crippen LogP contribution is -2.36. The summed E-state index contributed by atoms with van der Waals surface area (Å²) < 4.78 is 11.4. The van der Waals surface area contributed by atoms with Gasteiger partial charge in [0.2, 0.25) is 0 Å². The third kappa shape index (κ3) is 4.86. The zero-order valence-corrected chi connectivity index (χ0v) is 17.1. The minimum atomic E-state index is -0.324. The fourth-order valence-corrected chi connectivity index (χ4v) is 5.30. The molecule has 5 heteroatoms. The van der Waals surface area contributed by atoms with Gasteiger partial charge in [-0.2, -0.15) is 0 Å². The summed E-state index contributed by atoms with van der Waals surface area (Å²) in [4.78, 5) is 23.0. The van der Waals surface area contributed by atoms with Gasteiger partial charge >= 0.3 is 11.9 Å². The highest BCUT2D eigenvalue weighted by molar-refractivity contribution is 14.1. The van der Waals surface area contributed by atoms with E-state index in [1.54, 1.807) is 0 Å². The minimum Gasteiger partial charge on any atom is -0.462 e. The summed E-state index contributed by atoms with van der Waals surface area (Å²) in [6.07, 6.45) is 11.8. The van der Waals surface area contributed by atoms with Crippen LogP contribution in [-0.2, 0) is 19.1 Å². The first kappa shape index (κ1) is 18.9. The highest BCUT2D eigenvalue weighted by Gasteiger charge is 2.35. The van der Waals surface area contributed by atoms with E-state index in [1.807, 2.05) is 0 Å². The summed E-state index contributed by atoms with van der Waals surface area (Å²) in [5.74, 6) is 1.22. The monoisotopic (exact) mass is 458 g/mol. The lowest BCUT2D eigenvalue weighted by molar-refractivity contribution is -0.168. The zero-order chi connectivity index (χ0) is 18.0. The molecule has 25 heavy (non-hydrogen) atoms. The number of carbonyl (C=O) groups excluding carboxylic acids is 2. The second-order valence-electron chi connectivity index (χ2n) is 7.61. The first-order valence-corrected chi connectivity index (χ1v) is 10.6. The molecule has 1 heterocycles. The molecule has 0 aromatic rings. The predicted molar refractivity (Wildman–Crippen MR) is 104 cm³/mol. The molecule has 0 amide bonds. The number of hydrogen-bond acceptors (Lipinski definition) is 4. The second kappa shape index (κ2) is 8.23. The Balaban J connectivity index is 1.60. The van der Waals surface area contributed by atoms with Crippen molar-refractivity contribution in [2.24, 2.45) is 17.8 Å². The maximum Gasteiger partial charge on any atom is 0.309 e. The van der Waals surface area contributed by atoms with E-state index in [9.17, 15) is 9.59 Å². The number of fused-ring (bicyclic) bond motifs is 1. The summed E-state index contributed by atoms with van der Waals surface area (Å²) in [5, 5.41) is 0. The SMILES string of the molecule is CC(=O)O[C@H]1CC(=O)OC(CC[C@@H]2C3CC[C@@H](I)C=C3C=C[C@@H]2C)C1. The quantitative estimate of drug-likeness (QED) is 0.357. The standard InChI is InChI=1S/C20H27IO4/c1-12-3-4-14-9-15(21)5-7-19(14)18(12)8-6-16-10-17(24-13(2)22)11-20(23)25-16/h3-4,9,12,15-19H,5-8,10-11H2,1-2H3/t12-,15+,16?,17+,18-,19?/m0/s1. The van der Waals surface area contributed by atoms with Crippen molar-refractivity contribution in [2.45, 2.75) is 68.5 Å². The number of ether oxygens (including phenoxy) is 2. The maximum absolute atomic E-state index is 11.8. The molecule has 0 aromatic carbocycles. The molecule has 2 aliphatic carbocycles. The molecule has 3 aliphatic rings. The normalized spacial score (nSPS) is 37.7. The lowest BCUT2D eigenvalue weighted by Gasteiger charge is -2.39. The Morgan fingerprint density at radius 1 is 1.36 bits per heavy atom. The number of cyclic esters (lactones) is 1. The molecule has 3 rings (SSSR count). The minimum absolute atomic E-state index is 0.128. The van der Waals surface area contributed by atoms with Crippen LogP contribution in [0.5, 0.6) is 0 Å². The van der Waals surface area contributed by atoms with Crippen LogP contribution >= 0.6 is 22.6 Å². The van der Waals surface area contributed by atoms with Crippen molar-refractivity contribution in [3.05, 3.63) is 23.8 Å². The van der Waals surface area contributed by atoms with Crippen molar-refractivity contribution in [1.29, 1.82) is 0 Å². The van der Waals surface area contributed by atoms with Crippen molar-refractivity contribution in [1.82, 2.24) is 0 Å². The molecule has 1 saturated heterocycles. The van der Waals surface area contributed by atoms with Gasteiger partial charge in [0.05, 0.1) is 6.42 Å². The van der Waals surface area contributed by atoms with E-state index in [2.05, 4.69) is 47.7 Å². The van der Waals surface area contributed by atoms with Crippen molar-refractivity contribution in [3.8, 4) is 0 Å². The Labute approximate surface area is 163 Å². The summed E-state index contributed by atoms with van der Waals surface area (Å²) in [6, 6.07) is 0. The smallest absolute Gasteiger partial charge is 0.309 e. The molecule has 6 atom stereocenters. The highest BCUT2D eigenvalue weighted by atomic mass is 127. The Morgan fingerprint density at radius 2 is 2.16 bits per heavy atom. The van der Waals surface area contributed by atoms with Crippen molar-refractivity contribution >= 4 is 34.5 Å². The van der Waals surface area contributed by atoms with Crippen LogP contribution in [0.3, 0.4) is 0 Å². The number of hydrogen-bond donors (Lipinski definition) is 0. The van der Waals surface area contributed by atoms with Gasteiger partial charge < -0.3 is 9.47 Å². The molecule has 0 saturated carbocycles. The Bertz CT molecular complexity index is 580. The number of rotatable bonds is 4. The predicted octanol–water partition coefficient (Wildman–Crippen LogP) is 4.37. The number of halogens is 1. The van der Waals surface area contributed by atoms with Crippen LogP contribution in [0.25, 0.3) is 0 Å². The number of esters is 2. The molecule has 0 bridgehead atoms. The molecule has 2 unspecified atom stereocenters. The van der Waals surface area contributed by atoms with E-state index in [4.69, 9.17) is 9.47 Å². The third-order valence-electron chi connectivity index (χ3n) is 5.71. The molecular formula is C20H27IO4. The molecule has 0 radical (unpaired) electrons. The molecule has 4 nitrogen and oxygen atoms in total. The van der Waals surface area contributed by atoms with Crippen LogP contribution < -0.4 is 0 Å². The van der Waals surface area contributed by atoms with Gasteiger partial charge in [0.1, 0.15) is 12.2 Å². The molecule has 0 spiro atoms. The Kier molecular flexibility index (Phi) is 6.23. The summed E-state index contributed by atoms with van der Waals surface area (Å²) in [5.41, 5.74) is 1.49. The third-order valence-corrected chi connectivity index (χ3v) is 6.69. The molecule has 0 aromatic heterocycles. The fourth-order valence-electron chi connectivity index (χ4n) is 4.52. The van der Waals surface area contributed by atoms with Gasteiger partial charge in [0.25, 0.3) is 0 Å². The second-order valence-corrected chi connectivity index (χ2v) is 9.21. The summed E-state index contributed by atoms with van der Waals surface area (Å²) >= 11 is 2.52. The van der Waals surface area contributed by atoms with E-state index < -0.39 is 0 Å². The molecule has 1 aliphatic heterocycles. The van der Waals surface area contributed by atoms with Crippen molar-refractivity contribution in [3.63, 3.8) is 0 Å². The van der Waals surface area contributed by atoms with E-state index >= 15 is 0 Å². The van der Waals surface area contributed by atoms with Gasteiger partial charge in [0.15, 0.2) is 0 Å². The molecule has 0 N–H and O–H groups in total. The van der Waals surface area contributed by atoms with E-state index in [1.165, 1.54) is 25.3 Å². The van der Waals surface area contributed by atoms with Crippen molar-refractivity contribution in [2.75, 3.05) is 0 Å².